The van der Waals surface area contributed by atoms with Gasteiger partial charge in [-0.1, -0.05) is 6.07 Å². The Morgan fingerprint density at radius 1 is 1.53 bits per heavy atom. The largest absolute Gasteiger partial charge is 0.395 e. The highest BCUT2D eigenvalue weighted by atomic mass is 16.5. The lowest BCUT2D eigenvalue weighted by atomic mass is 9.86. The molecule has 3 heterocycles. The molecule has 17 heavy (non-hydrogen) atoms. The Labute approximate surface area is 97.9 Å². The first-order valence-electron chi connectivity index (χ1n) is 5.37. The van der Waals surface area contributed by atoms with Crippen molar-refractivity contribution < 1.29 is 9.84 Å². The first kappa shape index (κ1) is 10.3. The monoisotopic (exact) mass is 229 g/mol. The van der Waals surface area contributed by atoms with Gasteiger partial charge in [-0.25, -0.2) is 4.98 Å². The summed E-state index contributed by atoms with van der Waals surface area (Å²) in [6, 6.07) is 7.67. The molecule has 3 rings (SSSR count). The second kappa shape index (κ2) is 3.55. The average molecular weight is 229 g/mol. The number of hydrogen-bond donors (Lipinski definition) is 1. The van der Waals surface area contributed by atoms with Crippen LogP contribution in [0.2, 0.25) is 0 Å². The first-order valence-corrected chi connectivity index (χ1v) is 5.37. The van der Waals surface area contributed by atoms with Gasteiger partial charge in [0.2, 0.25) is 0 Å². The quantitative estimate of drug-likeness (QED) is 0.812. The van der Waals surface area contributed by atoms with Gasteiger partial charge in [0.25, 0.3) is 0 Å². The molecule has 1 fully saturated rings. The van der Waals surface area contributed by atoms with E-state index in [4.69, 9.17) is 10.00 Å². The van der Waals surface area contributed by atoms with Crippen molar-refractivity contribution in [1.29, 1.82) is 5.26 Å². The van der Waals surface area contributed by atoms with Crippen LogP contribution in [-0.2, 0) is 10.2 Å². The number of pyridine rings is 1. The standard InChI is InChI=1S/C12H11N3O2/c13-5-9-10-3-1-2-4-15(10)11(14-9)12(6-16)7-17-8-12/h1-4,16H,6-8H2. The summed E-state index contributed by atoms with van der Waals surface area (Å²) in [6.45, 7) is 0.872. The molecular formula is C12H11N3O2. The molecule has 0 aromatic carbocycles. The Morgan fingerprint density at radius 2 is 2.35 bits per heavy atom. The van der Waals surface area contributed by atoms with Crippen LogP contribution in [0.1, 0.15) is 11.5 Å². The van der Waals surface area contributed by atoms with Gasteiger partial charge in [-0.05, 0) is 12.1 Å². The summed E-state index contributed by atoms with van der Waals surface area (Å²) in [5.74, 6) is 0.707. The number of aromatic nitrogens is 2. The normalized spacial score (nSPS) is 17.6. The summed E-state index contributed by atoms with van der Waals surface area (Å²) in [4.78, 5) is 4.33. The van der Waals surface area contributed by atoms with E-state index in [0.717, 1.165) is 5.52 Å². The Hall–Kier alpha value is -1.90. The maximum absolute atomic E-state index is 9.52. The molecule has 2 aromatic heterocycles. The number of fused-ring (bicyclic) bond motifs is 1. The molecule has 1 N–H and O–H groups in total. The Balaban J connectivity index is 2.27. The van der Waals surface area contributed by atoms with Crippen molar-refractivity contribution in [2.24, 2.45) is 0 Å². The minimum atomic E-state index is -0.459. The van der Waals surface area contributed by atoms with Crippen LogP contribution in [0, 0.1) is 11.3 Å². The molecule has 1 aliphatic heterocycles. The van der Waals surface area contributed by atoms with Crippen LogP contribution in [0.25, 0.3) is 5.52 Å². The molecule has 5 nitrogen and oxygen atoms in total. The number of hydrogen-bond acceptors (Lipinski definition) is 4. The molecule has 0 spiro atoms. The van der Waals surface area contributed by atoms with Gasteiger partial charge >= 0.3 is 0 Å². The van der Waals surface area contributed by atoms with E-state index in [1.165, 1.54) is 0 Å². The molecule has 1 aliphatic rings. The average Bonchev–Trinajstić information content (AvgIpc) is 2.68. The SMILES string of the molecule is N#Cc1nc(C2(CO)COC2)n2ccccc12. The van der Waals surface area contributed by atoms with Crippen molar-refractivity contribution >= 4 is 5.52 Å². The lowest BCUT2D eigenvalue weighted by molar-refractivity contribution is -0.0886. The highest BCUT2D eigenvalue weighted by Gasteiger charge is 2.44. The summed E-state index contributed by atoms with van der Waals surface area (Å²) in [6.07, 6.45) is 1.86. The molecule has 0 unspecified atom stereocenters. The number of aliphatic hydroxyl groups excluding tert-OH is 1. The minimum absolute atomic E-state index is 0.0219. The van der Waals surface area contributed by atoms with E-state index in [9.17, 15) is 5.11 Å². The highest BCUT2D eigenvalue weighted by Crippen LogP contribution is 2.32. The van der Waals surface area contributed by atoms with E-state index < -0.39 is 5.41 Å². The molecule has 1 saturated heterocycles. The van der Waals surface area contributed by atoms with Crippen LogP contribution in [0.3, 0.4) is 0 Å². The van der Waals surface area contributed by atoms with Gasteiger partial charge in [-0.3, -0.25) is 0 Å². The van der Waals surface area contributed by atoms with Crippen molar-refractivity contribution in [2.45, 2.75) is 5.41 Å². The lowest BCUT2D eigenvalue weighted by Crippen LogP contribution is -2.51. The van der Waals surface area contributed by atoms with Gasteiger partial charge < -0.3 is 14.2 Å². The second-order valence-corrected chi connectivity index (χ2v) is 4.28. The van der Waals surface area contributed by atoms with Gasteiger partial charge in [0.05, 0.1) is 30.8 Å². The molecular weight excluding hydrogens is 218 g/mol. The summed E-state index contributed by atoms with van der Waals surface area (Å²) in [5, 5.41) is 18.6. The number of rotatable bonds is 2. The van der Waals surface area contributed by atoms with Gasteiger partial charge in [0.1, 0.15) is 11.9 Å². The van der Waals surface area contributed by atoms with Crippen molar-refractivity contribution in [3.05, 3.63) is 35.9 Å². The molecule has 2 aromatic rings. The third kappa shape index (κ3) is 1.28. The second-order valence-electron chi connectivity index (χ2n) is 4.28. The van der Waals surface area contributed by atoms with E-state index in [2.05, 4.69) is 11.1 Å². The van der Waals surface area contributed by atoms with Gasteiger partial charge in [-0.15, -0.1) is 0 Å². The Morgan fingerprint density at radius 3 is 2.94 bits per heavy atom. The molecule has 0 aliphatic carbocycles. The number of nitriles is 1. The molecule has 0 saturated carbocycles. The number of aliphatic hydroxyl groups is 1. The third-order valence-electron chi connectivity index (χ3n) is 3.19. The van der Waals surface area contributed by atoms with Crippen molar-refractivity contribution in [3.8, 4) is 6.07 Å². The van der Waals surface area contributed by atoms with Gasteiger partial charge in [-0.2, -0.15) is 5.26 Å². The van der Waals surface area contributed by atoms with Crippen molar-refractivity contribution in [2.75, 3.05) is 19.8 Å². The number of nitrogens with zero attached hydrogens (tertiary/aromatic N) is 3. The highest BCUT2D eigenvalue weighted by molar-refractivity contribution is 5.59. The molecule has 5 heteroatoms. The lowest BCUT2D eigenvalue weighted by Gasteiger charge is -2.38. The number of ether oxygens (including phenoxy) is 1. The van der Waals surface area contributed by atoms with Crippen LogP contribution < -0.4 is 0 Å². The van der Waals surface area contributed by atoms with Crippen LogP contribution in [-0.4, -0.2) is 34.3 Å². The minimum Gasteiger partial charge on any atom is -0.395 e. The number of imidazole rings is 1. The van der Waals surface area contributed by atoms with Crippen LogP contribution in [0.5, 0.6) is 0 Å². The topological polar surface area (TPSA) is 70.5 Å². The zero-order chi connectivity index (χ0) is 11.9. The molecule has 0 atom stereocenters. The summed E-state index contributed by atoms with van der Waals surface area (Å²) >= 11 is 0. The van der Waals surface area contributed by atoms with E-state index in [1.807, 2.05) is 28.8 Å². The van der Waals surface area contributed by atoms with Gasteiger partial charge in [0, 0.05) is 6.20 Å². The summed E-state index contributed by atoms with van der Waals surface area (Å²) in [5.41, 5.74) is 0.698. The fourth-order valence-electron chi connectivity index (χ4n) is 2.13. The summed E-state index contributed by atoms with van der Waals surface area (Å²) in [7, 11) is 0. The first-order chi connectivity index (χ1) is 8.30. The third-order valence-corrected chi connectivity index (χ3v) is 3.19. The van der Waals surface area contributed by atoms with Crippen LogP contribution in [0.4, 0.5) is 0 Å². The Bertz CT molecular complexity index is 602. The van der Waals surface area contributed by atoms with Gasteiger partial charge in [0.15, 0.2) is 5.69 Å². The van der Waals surface area contributed by atoms with E-state index in [-0.39, 0.29) is 6.61 Å². The maximum Gasteiger partial charge on any atom is 0.166 e. The fraction of sp³-hybridized carbons (Fsp3) is 0.333. The molecule has 0 bridgehead atoms. The van der Waals surface area contributed by atoms with Crippen LogP contribution in [0.15, 0.2) is 24.4 Å². The van der Waals surface area contributed by atoms with E-state index in [0.29, 0.717) is 24.7 Å². The molecule has 0 amide bonds. The van der Waals surface area contributed by atoms with E-state index in [1.54, 1.807) is 0 Å². The zero-order valence-corrected chi connectivity index (χ0v) is 9.13. The smallest absolute Gasteiger partial charge is 0.166 e. The summed E-state index contributed by atoms with van der Waals surface area (Å²) < 4.78 is 7.04. The molecule has 0 radical (unpaired) electrons. The van der Waals surface area contributed by atoms with Crippen LogP contribution >= 0.6 is 0 Å². The van der Waals surface area contributed by atoms with Crippen molar-refractivity contribution in [1.82, 2.24) is 9.38 Å². The predicted octanol–water partition coefficient (Wildman–Crippen LogP) is 0.466. The fourth-order valence-corrected chi connectivity index (χ4v) is 2.13. The predicted molar refractivity (Wildman–Crippen MR) is 59.5 cm³/mol. The van der Waals surface area contributed by atoms with E-state index >= 15 is 0 Å². The zero-order valence-electron chi connectivity index (χ0n) is 9.13. The molecule has 86 valence electrons. The Kier molecular flexibility index (Phi) is 2.15. The van der Waals surface area contributed by atoms with Crippen molar-refractivity contribution in [3.63, 3.8) is 0 Å². The maximum atomic E-state index is 9.52.